The van der Waals surface area contributed by atoms with Gasteiger partial charge in [-0.05, 0) is 197 Å². The van der Waals surface area contributed by atoms with Crippen molar-refractivity contribution in [2.75, 3.05) is 32.1 Å². The summed E-state index contributed by atoms with van der Waals surface area (Å²) in [6, 6.07) is 30.5. The van der Waals surface area contributed by atoms with E-state index >= 15 is 4.79 Å². The van der Waals surface area contributed by atoms with Gasteiger partial charge in [0.15, 0.2) is 35.5 Å². The summed E-state index contributed by atoms with van der Waals surface area (Å²) >= 11 is 0. The fourth-order valence-electron chi connectivity index (χ4n) is 17.9. The number of aliphatic hydroxyl groups is 5. The number of methoxy groups -OCH3 is 1. The van der Waals surface area contributed by atoms with Gasteiger partial charge < -0.3 is 66.5 Å². The summed E-state index contributed by atoms with van der Waals surface area (Å²) in [4.78, 5) is 34.1. The number of aromatic amines is 1. The molecule has 13 rings (SSSR count). The number of dihydropyridines is 1. The van der Waals surface area contributed by atoms with Crippen LogP contribution in [0, 0.1) is 82.9 Å². The number of hydrogen-bond acceptors (Lipinski definition) is 14. The van der Waals surface area contributed by atoms with Crippen LogP contribution in [0.5, 0.6) is 23.0 Å². The van der Waals surface area contributed by atoms with E-state index in [0.717, 1.165) is 76.7 Å². The van der Waals surface area contributed by atoms with Gasteiger partial charge in [-0.25, -0.2) is 0 Å². The molecule has 2 aliphatic heterocycles. The third-order valence-corrected chi connectivity index (χ3v) is 23.1. The van der Waals surface area contributed by atoms with Crippen molar-refractivity contribution in [2.24, 2.45) is 59.2 Å². The second kappa shape index (κ2) is 29.5. The van der Waals surface area contributed by atoms with Gasteiger partial charge in [-0.15, -0.1) is 5.92 Å². The number of hydrogen-bond donors (Lipinski definition) is 12. The van der Waals surface area contributed by atoms with Gasteiger partial charge in [0.05, 0.1) is 25.2 Å². The van der Waals surface area contributed by atoms with Crippen LogP contribution in [0.4, 0.5) is 5.69 Å². The molecule has 5 aliphatic carbocycles. The number of aromatic nitrogens is 1. The summed E-state index contributed by atoms with van der Waals surface area (Å²) in [5.41, 5.74) is 8.24. The van der Waals surface area contributed by atoms with E-state index in [1.165, 1.54) is 7.11 Å². The predicted molar refractivity (Wildman–Crippen MR) is 371 cm³/mol. The number of rotatable bonds is 7. The molecule has 504 valence electrons. The molecule has 15 atom stereocenters. The Morgan fingerprint density at radius 3 is 2.36 bits per heavy atom. The number of ether oxygens (including phenoxy) is 1. The van der Waals surface area contributed by atoms with Crippen molar-refractivity contribution in [3.8, 4) is 46.7 Å². The zero-order valence-corrected chi connectivity index (χ0v) is 55.2. The predicted octanol–water partition coefficient (Wildman–Crippen LogP) is 11.1. The molecule has 6 aromatic rings. The average molecular weight is 1300 g/mol. The monoisotopic (exact) mass is 1300 g/mol. The van der Waals surface area contributed by atoms with Crippen LogP contribution in [0.1, 0.15) is 153 Å². The summed E-state index contributed by atoms with van der Waals surface area (Å²) in [7, 11) is 1.47. The van der Waals surface area contributed by atoms with Crippen LogP contribution in [0.3, 0.4) is 0 Å². The van der Waals surface area contributed by atoms with Crippen LogP contribution in [-0.2, 0) is 35.3 Å². The standard InChI is InChI=1S/C81H94N4O11/c1-46-43-82-45-62(87)35-54-19-18-49-20-23-59(40-71(49)78(54)91)85-77-39-53(27-28-83-77)63-16-8-12-50-31-56(37-72(81(94)95)68(50)30-48-11-7-13-61(86)29-48)64-14-5-6-15-66(64)67-25-21-51-32-55(63)33-57(65(24-17-47-9-3-4-10-47)74(89)41-60-34-58(46)44-84-60)36-70(51)79(92)80(93)73(88)26-22-52-38-76(96-2)75(90)42-69(52)67/h5-7,11,13-15,18-20,23,27,29,34,38-40,42,44,46-47,50-51,55-57,62-63,65,67-68,70,72,74,80-87,89-91,93-95H,3-4,9-10,16-17,22,24,26,28,30-33,35-37,41,43,45H2,1-2H3. The van der Waals surface area contributed by atoms with Crippen LogP contribution in [-0.4, -0.2) is 109 Å². The number of allylic oxidation sites excluding steroid dienone is 2. The lowest BCUT2D eigenvalue weighted by molar-refractivity contribution is -0.142. The molecule has 0 radical (unpaired) electrons. The molecule has 12 N–H and O–H groups in total. The Hall–Kier alpha value is -7.86. The molecule has 3 saturated carbocycles. The number of aryl methyl sites for hydroxylation is 1. The SMILES string of the molecule is COc1cc2c(cc1O)C1C#CC3CC4CC(CC3C(=O)C(O)C(=O)CC2)C(CCC2CCCC2)C(O)Cc2cc(c[nH]2)C(C)CNCC(O)Cc2ccc3ccc(cc3c2O)NC2=CC(=CCN2)C4CC#CC2CC(CC(C(O)O)C2Cc2cccc(O)c2)c2ccccc21. The molecule has 15 unspecified atom stereocenters. The summed E-state index contributed by atoms with van der Waals surface area (Å²) in [6.07, 6.45) is 10.7. The minimum atomic E-state index is -1.94. The van der Waals surface area contributed by atoms with E-state index in [-0.39, 0.29) is 96.0 Å². The van der Waals surface area contributed by atoms with E-state index < -0.39 is 59.8 Å². The molecule has 5 aromatic carbocycles. The lowest BCUT2D eigenvalue weighted by Crippen LogP contribution is -2.40. The molecule has 1 aromatic heterocycles. The molecule has 3 heterocycles. The van der Waals surface area contributed by atoms with Crippen molar-refractivity contribution in [2.45, 2.75) is 158 Å². The number of aromatic hydroxyl groups is 3. The highest BCUT2D eigenvalue weighted by Gasteiger charge is 2.47. The third-order valence-electron chi connectivity index (χ3n) is 23.1. The minimum Gasteiger partial charge on any atom is -0.508 e. The Labute approximate surface area is 563 Å². The van der Waals surface area contributed by atoms with Crippen molar-refractivity contribution in [3.05, 3.63) is 171 Å². The maximum Gasteiger partial charge on any atom is 0.173 e. The van der Waals surface area contributed by atoms with Gasteiger partial charge in [-0.3, -0.25) is 9.59 Å². The first-order chi connectivity index (χ1) is 46.5. The van der Waals surface area contributed by atoms with Crippen molar-refractivity contribution in [1.29, 1.82) is 0 Å². The van der Waals surface area contributed by atoms with Crippen molar-refractivity contribution in [1.82, 2.24) is 15.6 Å². The maximum absolute atomic E-state index is 15.8. The summed E-state index contributed by atoms with van der Waals surface area (Å²) in [5, 5.41) is 107. The number of Topliss-reactive ketones (excluding diaryl/α,β-unsaturated/α-hetero) is 2. The number of carbonyl (C=O) groups excluding carboxylic acids is 2. The normalized spacial score (nSPS) is 29.8. The number of nitrogens with one attached hydrogen (secondary N) is 4. The fraction of sp³-hybridized carbons (Fsp3) is 0.481. The number of fused-ring (bicyclic) bond motifs is 15. The van der Waals surface area contributed by atoms with Crippen LogP contribution in [0.15, 0.2) is 127 Å². The van der Waals surface area contributed by atoms with Crippen LogP contribution < -0.4 is 20.7 Å². The largest absolute Gasteiger partial charge is 0.508 e. The molecular formula is C81H94N4O11. The minimum absolute atomic E-state index is 0.0438. The van der Waals surface area contributed by atoms with Crippen LogP contribution in [0.25, 0.3) is 10.8 Å². The second-order valence-corrected chi connectivity index (χ2v) is 29.1. The van der Waals surface area contributed by atoms with Gasteiger partial charge in [0.2, 0.25) is 0 Å². The lowest BCUT2D eigenvalue weighted by Gasteiger charge is -2.42. The summed E-state index contributed by atoms with van der Waals surface area (Å²) in [6.45, 7) is 3.47. The highest BCUT2D eigenvalue weighted by molar-refractivity contribution is 6.06. The Balaban J connectivity index is 1.02. The number of phenols is 3. The van der Waals surface area contributed by atoms with Gasteiger partial charge in [0, 0.05) is 92.0 Å². The van der Waals surface area contributed by atoms with E-state index in [1.807, 2.05) is 60.8 Å². The molecule has 13 bridgehead atoms. The highest BCUT2D eigenvalue weighted by atomic mass is 16.5. The van der Waals surface area contributed by atoms with E-state index in [1.54, 1.807) is 24.3 Å². The molecule has 0 amide bonds. The molecule has 3 fully saturated rings. The fourth-order valence-corrected chi connectivity index (χ4v) is 17.9. The van der Waals surface area contributed by atoms with Gasteiger partial charge in [-0.2, -0.15) is 0 Å². The van der Waals surface area contributed by atoms with Gasteiger partial charge in [0.1, 0.15) is 17.3 Å². The number of β-amino-alcohol motifs (C(OH)–C–C–N with tert-alkyl or cyclic N) is 1. The van der Waals surface area contributed by atoms with Crippen LogP contribution >= 0.6 is 0 Å². The van der Waals surface area contributed by atoms with Crippen LogP contribution in [0.2, 0.25) is 0 Å². The first-order valence-corrected chi connectivity index (χ1v) is 35.3. The Morgan fingerprint density at radius 2 is 1.55 bits per heavy atom. The number of ketones is 2. The number of aliphatic hydroxyl groups excluding tert-OH is 4. The first-order valence-electron chi connectivity index (χ1n) is 35.3. The molecule has 0 spiro atoms. The number of H-pyrrole nitrogens is 1. The number of benzene rings is 5. The zero-order valence-electron chi connectivity index (χ0n) is 55.2. The van der Waals surface area contributed by atoms with Crippen molar-refractivity contribution in [3.63, 3.8) is 0 Å². The molecule has 96 heavy (non-hydrogen) atoms. The summed E-state index contributed by atoms with van der Waals surface area (Å²) in [5.74, 6) is 10.5. The number of carbonyl (C=O) groups is 2. The van der Waals surface area contributed by atoms with E-state index in [9.17, 15) is 45.6 Å². The molecule has 0 saturated heterocycles. The van der Waals surface area contributed by atoms with Gasteiger partial charge in [-0.1, -0.05) is 117 Å². The maximum atomic E-state index is 15.8. The zero-order chi connectivity index (χ0) is 66.7. The number of anilines is 1. The Morgan fingerprint density at radius 1 is 0.729 bits per heavy atom. The van der Waals surface area contributed by atoms with E-state index in [4.69, 9.17) is 4.74 Å². The summed E-state index contributed by atoms with van der Waals surface area (Å²) < 4.78 is 5.71. The first kappa shape index (κ1) is 66.7. The number of phenolic OH excluding ortho intramolecular Hbond substituents is 3. The third kappa shape index (κ3) is 14.7. The van der Waals surface area contributed by atoms with Crippen molar-refractivity contribution < 1.29 is 55.2 Å². The topological polar surface area (TPSA) is 257 Å². The van der Waals surface area contributed by atoms with E-state index in [2.05, 4.69) is 81.9 Å². The van der Waals surface area contributed by atoms with Gasteiger partial charge >= 0.3 is 0 Å². The van der Waals surface area contributed by atoms with Crippen molar-refractivity contribution >= 4 is 28.0 Å². The second-order valence-electron chi connectivity index (χ2n) is 29.1. The molecule has 15 nitrogen and oxygen atoms in total. The Bertz CT molecular complexity index is 4010. The quantitative estimate of drug-likeness (QED) is 0.0403. The molecule has 15 heteroatoms. The lowest BCUT2D eigenvalue weighted by atomic mass is 9.63. The Kier molecular flexibility index (Phi) is 20.5. The average Bonchev–Trinajstić information content (AvgIpc) is 0.949. The van der Waals surface area contributed by atoms with E-state index in [0.29, 0.717) is 105 Å². The highest BCUT2D eigenvalue weighted by Crippen LogP contribution is 2.52. The van der Waals surface area contributed by atoms with Gasteiger partial charge in [0.25, 0.3) is 0 Å². The smallest absolute Gasteiger partial charge is 0.173 e. The molecular weight excluding hydrogens is 1200 g/mol. The molecule has 7 aliphatic rings.